The second-order valence-corrected chi connectivity index (χ2v) is 9.38. The van der Waals surface area contributed by atoms with Crippen molar-refractivity contribution in [1.29, 1.82) is 0 Å². The predicted molar refractivity (Wildman–Crippen MR) is 133 cm³/mol. The molecule has 0 aliphatic rings. The van der Waals surface area contributed by atoms with E-state index in [-0.39, 0.29) is 0 Å². The molecule has 1 atom stereocenters. The fourth-order valence-corrected chi connectivity index (χ4v) is 3.79. The van der Waals surface area contributed by atoms with E-state index in [1.54, 1.807) is 26.2 Å². The average Bonchev–Trinajstić information content (AvgIpc) is 2.73. The highest BCUT2D eigenvalue weighted by Crippen LogP contribution is 2.28. The number of hydrogen-bond acceptors (Lipinski definition) is 6. The molecular formula is C25H33NO7S. The monoisotopic (exact) mass is 491 g/mol. The molecule has 1 rings (SSSR count). The smallest absolute Gasteiger partial charge is 0.329 e. The number of carbonyl (C=O) groups excluding carboxylic acids is 2. The first-order valence-corrected chi connectivity index (χ1v) is 12.1. The van der Waals surface area contributed by atoms with Crippen molar-refractivity contribution in [3.05, 3.63) is 69.8 Å². The zero-order chi connectivity index (χ0) is 26.1. The summed E-state index contributed by atoms with van der Waals surface area (Å²) in [6.07, 6.45) is 10.6. The maximum absolute atomic E-state index is 12.1. The minimum absolute atomic E-state index is 0.568. The number of aryl methyl sites for hydroxylation is 1. The van der Waals surface area contributed by atoms with Crippen LogP contribution in [0.1, 0.15) is 36.1 Å². The van der Waals surface area contributed by atoms with Gasteiger partial charge in [-0.3, -0.25) is 9.35 Å². The van der Waals surface area contributed by atoms with Crippen LogP contribution in [0.15, 0.2) is 47.6 Å². The van der Waals surface area contributed by atoms with E-state index in [4.69, 9.17) is 9.29 Å². The zero-order valence-electron chi connectivity index (χ0n) is 20.6. The Labute approximate surface area is 201 Å². The first-order chi connectivity index (χ1) is 15.8. The molecule has 186 valence electrons. The summed E-state index contributed by atoms with van der Waals surface area (Å²) in [5.41, 5.74) is 6.05. The van der Waals surface area contributed by atoms with E-state index in [1.165, 1.54) is 6.08 Å². The summed E-state index contributed by atoms with van der Waals surface area (Å²) in [5, 5.41) is 2.22. The molecule has 0 fully saturated rings. The lowest BCUT2D eigenvalue weighted by molar-refractivity contribution is -0.143. The van der Waals surface area contributed by atoms with Gasteiger partial charge in [-0.25, -0.2) is 4.79 Å². The topological polar surface area (TPSA) is 119 Å². The van der Waals surface area contributed by atoms with E-state index in [0.29, 0.717) is 5.57 Å². The Kier molecular flexibility index (Phi) is 11.0. The van der Waals surface area contributed by atoms with Gasteiger partial charge in [0.15, 0.2) is 0 Å². The molecule has 1 aromatic rings. The van der Waals surface area contributed by atoms with E-state index in [1.807, 2.05) is 39.0 Å². The lowest BCUT2D eigenvalue weighted by Crippen LogP contribution is -2.45. The predicted octanol–water partition coefficient (Wildman–Crippen LogP) is 3.63. The quantitative estimate of drug-likeness (QED) is 0.222. The summed E-state index contributed by atoms with van der Waals surface area (Å²) in [7, 11) is -1.77. The van der Waals surface area contributed by atoms with Gasteiger partial charge in [0.05, 0.1) is 14.2 Å². The number of rotatable bonds is 10. The molecule has 2 N–H and O–H groups in total. The third-order valence-electron chi connectivity index (χ3n) is 5.10. The third-order valence-corrected chi connectivity index (χ3v) is 5.85. The van der Waals surface area contributed by atoms with E-state index >= 15 is 0 Å². The fraction of sp³-hybridized carbons (Fsp3) is 0.360. The van der Waals surface area contributed by atoms with E-state index in [9.17, 15) is 18.0 Å². The molecule has 0 aliphatic carbocycles. The first kappa shape index (κ1) is 28.9. The summed E-state index contributed by atoms with van der Waals surface area (Å²) in [4.78, 5) is 23.8. The lowest BCUT2D eigenvalue weighted by Gasteiger charge is -2.13. The molecule has 0 bridgehead atoms. The summed E-state index contributed by atoms with van der Waals surface area (Å²) in [6, 6.07) is 0.502. The Hall–Kier alpha value is -3.17. The molecule has 0 saturated heterocycles. The molecule has 0 heterocycles. The van der Waals surface area contributed by atoms with Crippen LogP contribution < -0.4 is 10.1 Å². The molecule has 1 aromatic carbocycles. The first-order valence-electron chi connectivity index (χ1n) is 10.5. The highest BCUT2D eigenvalue weighted by atomic mass is 32.2. The number of methoxy groups -OCH3 is 2. The molecule has 0 saturated carbocycles. The summed E-state index contributed by atoms with van der Waals surface area (Å²) in [6.45, 7) is 9.75. The Morgan fingerprint density at radius 3 is 2.29 bits per heavy atom. The maximum Gasteiger partial charge on any atom is 0.329 e. The molecule has 9 heteroatoms. The van der Waals surface area contributed by atoms with Crippen molar-refractivity contribution in [3.63, 3.8) is 0 Å². The second kappa shape index (κ2) is 12.9. The number of allylic oxidation sites excluding steroid dienone is 6. The van der Waals surface area contributed by atoms with Crippen LogP contribution in [0, 0.1) is 20.8 Å². The number of ether oxygens (including phenoxy) is 2. The van der Waals surface area contributed by atoms with Crippen molar-refractivity contribution < 1.29 is 32.0 Å². The highest BCUT2D eigenvalue weighted by Gasteiger charge is 2.26. The molecule has 0 aliphatic heterocycles. The van der Waals surface area contributed by atoms with Crippen LogP contribution in [-0.4, -0.2) is 50.9 Å². The van der Waals surface area contributed by atoms with Gasteiger partial charge in [0.1, 0.15) is 17.5 Å². The molecule has 8 nitrogen and oxygen atoms in total. The second-order valence-electron chi connectivity index (χ2n) is 7.88. The zero-order valence-corrected chi connectivity index (χ0v) is 21.4. The molecule has 34 heavy (non-hydrogen) atoms. The van der Waals surface area contributed by atoms with Gasteiger partial charge in [-0.2, -0.15) is 8.42 Å². The SMILES string of the molecule is COC(=O)[C@H](CS(=O)(=O)O)NC(=O)/C=C(C)/C=C/C=C(C)/C=C/c1c(C)cc(OC)c(C)c1C. The van der Waals surface area contributed by atoms with Crippen LogP contribution in [0.25, 0.3) is 6.08 Å². The van der Waals surface area contributed by atoms with Gasteiger partial charge in [0, 0.05) is 6.08 Å². The minimum atomic E-state index is -4.48. The average molecular weight is 492 g/mol. The Morgan fingerprint density at radius 1 is 1.09 bits per heavy atom. The van der Waals surface area contributed by atoms with Crippen LogP contribution in [0.4, 0.5) is 0 Å². The Bertz CT molecular complexity index is 1140. The minimum Gasteiger partial charge on any atom is -0.496 e. The Balaban J connectivity index is 2.89. The van der Waals surface area contributed by atoms with Crippen molar-refractivity contribution in [3.8, 4) is 5.75 Å². The molecule has 0 aromatic heterocycles. The fourth-order valence-electron chi connectivity index (χ4n) is 3.15. The summed E-state index contributed by atoms with van der Waals surface area (Å²) in [5.74, 6) is -1.78. The van der Waals surface area contributed by atoms with Crippen LogP contribution in [-0.2, 0) is 24.4 Å². The van der Waals surface area contributed by atoms with Gasteiger partial charge < -0.3 is 14.8 Å². The molecule has 0 spiro atoms. The van der Waals surface area contributed by atoms with Gasteiger partial charge in [-0.1, -0.05) is 36.0 Å². The Morgan fingerprint density at radius 2 is 1.74 bits per heavy atom. The lowest BCUT2D eigenvalue weighted by atomic mass is 9.96. The van der Waals surface area contributed by atoms with Crippen molar-refractivity contribution >= 4 is 28.1 Å². The van der Waals surface area contributed by atoms with Crippen molar-refractivity contribution in [2.24, 2.45) is 0 Å². The summed E-state index contributed by atoms with van der Waals surface area (Å²) < 4.78 is 40.9. The van der Waals surface area contributed by atoms with Gasteiger partial charge >= 0.3 is 5.97 Å². The summed E-state index contributed by atoms with van der Waals surface area (Å²) >= 11 is 0. The van der Waals surface area contributed by atoms with Crippen molar-refractivity contribution in [2.75, 3.05) is 20.0 Å². The normalized spacial score (nSPS) is 13.9. The standard InChI is InChI=1S/C25H33NO7S/c1-16(11-12-21-18(3)14-23(32-6)20(5)19(21)4)9-8-10-17(2)13-24(27)26-22(25(28)33-7)15-34(29,30)31/h8-14,22H,15H2,1-7H3,(H,26,27)(H,29,30,31)/b10-8+,12-11+,16-9+,17-13+/t22-/m0/s1. The number of esters is 1. The van der Waals surface area contributed by atoms with Gasteiger partial charge in [-0.15, -0.1) is 0 Å². The maximum atomic E-state index is 12.1. The van der Waals surface area contributed by atoms with Crippen LogP contribution >= 0.6 is 0 Å². The number of amides is 1. The van der Waals surface area contributed by atoms with Crippen molar-refractivity contribution in [1.82, 2.24) is 5.32 Å². The largest absolute Gasteiger partial charge is 0.496 e. The van der Waals surface area contributed by atoms with Gasteiger partial charge in [0.25, 0.3) is 10.1 Å². The van der Waals surface area contributed by atoms with E-state index in [2.05, 4.69) is 23.1 Å². The van der Waals surface area contributed by atoms with Crippen LogP contribution in [0.2, 0.25) is 0 Å². The van der Waals surface area contributed by atoms with E-state index < -0.39 is 33.8 Å². The molecule has 0 radical (unpaired) electrons. The molecule has 0 unspecified atom stereocenters. The van der Waals surface area contributed by atoms with Crippen LogP contribution in [0.3, 0.4) is 0 Å². The molecule has 1 amide bonds. The number of benzene rings is 1. The molecular weight excluding hydrogens is 458 g/mol. The number of hydrogen-bond donors (Lipinski definition) is 2. The number of carbonyl (C=O) groups is 2. The van der Waals surface area contributed by atoms with Gasteiger partial charge in [0.2, 0.25) is 5.91 Å². The third kappa shape index (κ3) is 9.36. The highest BCUT2D eigenvalue weighted by molar-refractivity contribution is 7.85. The number of nitrogens with one attached hydrogen (secondary N) is 1. The van der Waals surface area contributed by atoms with Gasteiger partial charge in [-0.05, 0) is 68.5 Å². The van der Waals surface area contributed by atoms with Crippen molar-refractivity contribution in [2.45, 2.75) is 40.7 Å². The van der Waals surface area contributed by atoms with Crippen LogP contribution in [0.5, 0.6) is 5.75 Å². The van der Waals surface area contributed by atoms with E-state index in [0.717, 1.165) is 40.7 Å².